The maximum absolute atomic E-state index is 10.5. The number of hydrogen-bond donors (Lipinski definition) is 1. The summed E-state index contributed by atoms with van der Waals surface area (Å²) in [5.74, 6) is 0.574. The highest BCUT2D eigenvalue weighted by Crippen LogP contribution is 2.42. The standard InChI is InChI=1S/C19H24O4/c20-18(21)11-7-2-1-6-10-15-16-12-13-17(23-16)19(15)22-14-8-4-3-5-9-14/h1,3-6,8-9,15-17,19H,2,7,10-13H2,(H,20,21)/b6-1-/t15-,16+,17-,19+/m1/s1. The van der Waals surface area contributed by atoms with Crippen LogP contribution in [0.15, 0.2) is 42.5 Å². The van der Waals surface area contributed by atoms with Crippen molar-refractivity contribution in [3.05, 3.63) is 42.5 Å². The van der Waals surface area contributed by atoms with Crippen molar-refractivity contribution in [2.45, 2.75) is 56.8 Å². The monoisotopic (exact) mass is 316 g/mol. The van der Waals surface area contributed by atoms with Gasteiger partial charge in [-0.25, -0.2) is 0 Å². The molecule has 2 aliphatic heterocycles. The number of allylic oxidation sites excluding steroid dienone is 2. The Morgan fingerprint density at radius 2 is 2.00 bits per heavy atom. The second kappa shape index (κ2) is 7.64. The molecule has 4 nitrogen and oxygen atoms in total. The Morgan fingerprint density at radius 1 is 1.22 bits per heavy atom. The molecule has 2 saturated heterocycles. The van der Waals surface area contributed by atoms with E-state index in [9.17, 15) is 4.79 Å². The van der Waals surface area contributed by atoms with Gasteiger partial charge in [0.25, 0.3) is 0 Å². The Balaban J connectivity index is 1.52. The summed E-state index contributed by atoms with van der Waals surface area (Å²) in [6, 6.07) is 9.94. The zero-order valence-corrected chi connectivity index (χ0v) is 13.3. The summed E-state index contributed by atoms with van der Waals surface area (Å²) in [6.45, 7) is 0. The maximum Gasteiger partial charge on any atom is 0.303 e. The van der Waals surface area contributed by atoms with E-state index in [0.29, 0.717) is 18.4 Å². The van der Waals surface area contributed by atoms with Crippen LogP contribution in [0.4, 0.5) is 0 Å². The normalized spacial score (nSPS) is 29.2. The minimum atomic E-state index is -0.726. The van der Waals surface area contributed by atoms with E-state index in [4.69, 9.17) is 14.6 Å². The summed E-state index contributed by atoms with van der Waals surface area (Å²) in [5, 5.41) is 8.63. The molecule has 23 heavy (non-hydrogen) atoms. The molecule has 3 rings (SSSR count). The van der Waals surface area contributed by atoms with Gasteiger partial charge in [0.2, 0.25) is 0 Å². The number of ether oxygens (including phenoxy) is 2. The number of fused-ring (bicyclic) bond motifs is 2. The van der Waals surface area contributed by atoms with Crippen molar-refractivity contribution in [2.75, 3.05) is 0 Å². The first kappa shape index (κ1) is 16.1. The number of hydrogen-bond acceptors (Lipinski definition) is 3. The summed E-state index contributed by atoms with van der Waals surface area (Å²) in [6.07, 6.45) is 9.79. The lowest BCUT2D eigenvalue weighted by Gasteiger charge is -2.27. The van der Waals surface area contributed by atoms with E-state index in [1.54, 1.807) is 0 Å². The van der Waals surface area contributed by atoms with Gasteiger partial charge in [-0.1, -0.05) is 30.4 Å². The lowest BCUT2D eigenvalue weighted by molar-refractivity contribution is -0.137. The smallest absolute Gasteiger partial charge is 0.303 e. The Kier molecular flexibility index (Phi) is 5.34. The van der Waals surface area contributed by atoms with Gasteiger partial charge in [0, 0.05) is 12.3 Å². The minimum absolute atomic E-state index is 0.125. The third kappa shape index (κ3) is 4.14. The molecular formula is C19H24O4. The van der Waals surface area contributed by atoms with Crippen molar-refractivity contribution in [1.29, 1.82) is 0 Å². The van der Waals surface area contributed by atoms with E-state index < -0.39 is 5.97 Å². The van der Waals surface area contributed by atoms with Gasteiger partial charge in [-0.2, -0.15) is 0 Å². The molecule has 0 radical (unpaired) electrons. The molecule has 0 unspecified atom stereocenters. The van der Waals surface area contributed by atoms with Gasteiger partial charge in [0.1, 0.15) is 11.9 Å². The second-order valence-corrected chi connectivity index (χ2v) is 6.34. The topological polar surface area (TPSA) is 55.8 Å². The largest absolute Gasteiger partial charge is 0.487 e. The Morgan fingerprint density at radius 3 is 2.78 bits per heavy atom. The molecule has 0 amide bonds. The lowest BCUT2D eigenvalue weighted by atomic mass is 9.84. The molecule has 0 aromatic heterocycles. The van der Waals surface area contributed by atoms with Crippen molar-refractivity contribution in [2.24, 2.45) is 5.92 Å². The molecule has 1 N–H and O–H groups in total. The molecule has 0 saturated carbocycles. The molecule has 1 aromatic rings. The highest BCUT2D eigenvalue weighted by molar-refractivity contribution is 5.66. The van der Waals surface area contributed by atoms with Gasteiger partial charge in [-0.05, 0) is 44.2 Å². The van der Waals surface area contributed by atoms with Crippen LogP contribution in [0, 0.1) is 5.92 Å². The summed E-state index contributed by atoms with van der Waals surface area (Å²) in [4.78, 5) is 10.5. The number of aliphatic carboxylic acids is 1. The molecule has 2 aliphatic rings. The van der Waals surface area contributed by atoms with Crippen molar-refractivity contribution in [1.82, 2.24) is 0 Å². The van der Waals surface area contributed by atoms with Gasteiger partial charge in [-0.15, -0.1) is 0 Å². The van der Waals surface area contributed by atoms with Gasteiger partial charge in [0.05, 0.1) is 12.2 Å². The third-order valence-electron chi connectivity index (χ3n) is 4.70. The van der Waals surface area contributed by atoms with E-state index in [0.717, 1.165) is 31.4 Å². The first-order chi connectivity index (χ1) is 11.2. The summed E-state index contributed by atoms with van der Waals surface area (Å²) in [7, 11) is 0. The molecule has 2 fully saturated rings. The third-order valence-corrected chi connectivity index (χ3v) is 4.70. The van der Waals surface area contributed by atoms with Crippen LogP contribution >= 0.6 is 0 Å². The summed E-state index contributed by atoms with van der Waals surface area (Å²) in [5.41, 5.74) is 0. The van der Waals surface area contributed by atoms with E-state index in [1.807, 2.05) is 30.3 Å². The lowest BCUT2D eigenvalue weighted by Crippen LogP contribution is -2.36. The van der Waals surface area contributed by atoms with Gasteiger partial charge in [-0.3, -0.25) is 4.79 Å². The van der Waals surface area contributed by atoms with Crippen LogP contribution in [0.5, 0.6) is 5.75 Å². The van der Waals surface area contributed by atoms with Crippen LogP contribution < -0.4 is 4.74 Å². The number of carboxylic acids is 1. The molecule has 0 spiro atoms. The van der Waals surface area contributed by atoms with Crippen LogP contribution in [-0.4, -0.2) is 29.4 Å². The quantitative estimate of drug-likeness (QED) is 0.585. The van der Waals surface area contributed by atoms with E-state index >= 15 is 0 Å². The molecule has 4 atom stereocenters. The van der Waals surface area contributed by atoms with Crippen LogP contribution in [0.1, 0.15) is 38.5 Å². The summed E-state index contributed by atoms with van der Waals surface area (Å²) >= 11 is 0. The summed E-state index contributed by atoms with van der Waals surface area (Å²) < 4.78 is 12.2. The number of benzene rings is 1. The van der Waals surface area contributed by atoms with Gasteiger partial charge < -0.3 is 14.6 Å². The Labute approximate surface area is 137 Å². The number of carbonyl (C=O) groups is 1. The van der Waals surface area contributed by atoms with Crippen LogP contribution in [0.25, 0.3) is 0 Å². The molecule has 2 bridgehead atoms. The zero-order valence-electron chi connectivity index (χ0n) is 13.3. The molecule has 4 heteroatoms. The van der Waals surface area contributed by atoms with E-state index in [1.165, 1.54) is 0 Å². The van der Waals surface area contributed by atoms with Crippen LogP contribution in [-0.2, 0) is 9.53 Å². The average Bonchev–Trinajstić information content (AvgIpc) is 3.14. The first-order valence-electron chi connectivity index (χ1n) is 8.48. The van der Waals surface area contributed by atoms with Gasteiger partial charge in [0.15, 0.2) is 0 Å². The number of rotatable bonds is 8. The first-order valence-corrected chi connectivity index (χ1v) is 8.48. The fourth-order valence-electron chi connectivity index (χ4n) is 3.58. The highest BCUT2D eigenvalue weighted by atomic mass is 16.6. The predicted octanol–water partition coefficient (Wildman–Crippen LogP) is 3.81. The minimum Gasteiger partial charge on any atom is -0.487 e. The number of unbranched alkanes of at least 4 members (excludes halogenated alkanes) is 1. The predicted molar refractivity (Wildman–Crippen MR) is 87.5 cm³/mol. The Hall–Kier alpha value is -1.81. The molecule has 0 aliphatic carbocycles. The van der Waals surface area contributed by atoms with E-state index in [2.05, 4.69) is 12.2 Å². The van der Waals surface area contributed by atoms with Crippen molar-refractivity contribution >= 4 is 5.97 Å². The number of para-hydroxylation sites is 1. The zero-order chi connectivity index (χ0) is 16.1. The molecule has 1 aromatic carbocycles. The van der Waals surface area contributed by atoms with Crippen molar-refractivity contribution < 1.29 is 19.4 Å². The fraction of sp³-hybridized carbons (Fsp3) is 0.526. The SMILES string of the molecule is O=C(O)CCC/C=C\C[C@H]1[C@H](Oc2ccccc2)[C@H]2CC[C@@H]1O2. The second-order valence-electron chi connectivity index (χ2n) is 6.34. The maximum atomic E-state index is 10.5. The Bertz CT molecular complexity index is 540. The van der Waals surface area contributed by atoms with Crippen LogP contribution in [0.3, 0.4) is 0 Å². The fourth-order valence-corrected chi connectivity index (χ4v) is 3.58. The van der Waals surface area contributed by atoms with Crippen molar-refractivity contribution in [3.8, 4) is 5.75 Å². The molecular weight excluding hydrogens is 292 g/mol. The van der Waals surface area contributed by atoms with Gasteiger partial charge >= 0.3 is 5.97 Å². The molecule has 2 heterocycles. The average molecular weight is 316 g/mol. The highest BCUT2D eigenvalue weighted by Gasteiger charge is 2.49. The van der Waals surface area contributed by atoms with Crippen molar-refractivity contribution in [3.63, 3.8) is 0 Å². The van der Waals surface area contributed by atoms with Crippen LogP contribution in [0.2, 0.25) is 0 Å². The number of carboxylic acid groups (broad SMARTS) is 1. The molecule has 124 valence electrons. The van der Waals surface area contributed by atoms with E-state index in [-0.39, 0.29) is 18.6 Å².